The summed E-state index contributed by atoms with van der Waals surface area (Å²) in [5, 5.41) is 12.3. The van der Waals surface area contributed by atoms with Crippen LogP contribution in [0.1, 0.15) is 24.5 Å². The summed E-state index contributed by atoms with van der Waals surface area (Å²) in [6, 6.07) is 14.0. The maximum atomic E-state index is 12.8. The lowest BCUT2D eigenvalue weighted by Gasteiger charge is -2.10. The molecule has 10 heteroatoms. The number of nitrogens with one attached hydrogen (secondary N) is 2. The number of amidine groups is 1. The van der Waals surface area contributed by atoms with Crippen molar-refractivity contribution in [3.8, 4) is 0 Å². The number of nitrogens with zero attached hydrogens (tertiary/aromatic N) is 2. The number of alkyl halides is 3. The van der Waals surface area contributed by atoms with E-state index >= 15 is 0 Å². The molecule has 0 radical (unpaired) electrons. The summed E-state index contributed by atoms with van der Waals surface area (Å²) < 4.78 is 38.4. The summed E-state index contributed by atoms with van der Waals surface area (Å²) in [7, 11) is 0. The van der Waals surface area contributed by atoms with Gasteiger partial charge in [-0.2, -0.15) is 18.3 Å². The van der Waals surface area contributed by atoms with Gasteiger partial charge in [0.05, 0.1) is 11.8 Å². The molecule has 2 N–H and O–H groups in total. The van der Waals surface area contributed by atoms with E-state index in [2.05, 4.69) is 20.8 Å². The van der Waals surface area contributed by atoms with Gasteiger partial charge in [0.1, 0.15) is 5.25 Å². The van der Waals surface area contributed by atoms with E-state index in [4.69, 9.17) is 0 Å². The predicted octanol–water partition coefficient (Wildman–Crippen LogP) is 4.71. The molecule has 1 aliphatic rings. The number of benzene rings is 2. The van der Waals surface area contributed by atoms with Gasteiger partial charge in [-0.25, -0.2) is 0 Å². The molecule has 1 fully saturated rings. The van der Waals surface area contributed by atoms with Crippen molar-refractivity contribution in [1.29, 1.82) is 0 Å². The predicted molar refractivity (Wildman–Crippen MR) is 120 cm³/mol. The molecule has 1 unspecified atom stereocenters. The lowest BCUT2D eigenvalue weighted by atomic mass is 10.1. The Bertz CT molecular complexity index is 1080. The topological polar surface area (TPSA) is 82.9 Å². The molecule has 166 valence electrons. The van der Waals surface area contributed by atoms with E-state index in [0.717, 1.165) is 35.0 Å². The van der Waals surface area contributed by atoms with Gasteiger partial charge in [0.25, 0.3) is 0 Å². The van der Waals surface area contributed by atoms with E-state index in [1.807, 2.05) is 43.3 Å². The maximum Gasteiger partial charge on any atom is 0.416 e. The minimum Gasteiger partial charge on any atom is -0.326 e. The van der Waals surface area contributed by atoms with Crippen LogP contribution in [-0.2, 0) is 15.8 Å². The van der Waals surface area contributed by atoms with Crippen LogP contribution < -0.4 is 10.6 Å². The van der Waals surface area contributed by atoms with Gasteiger partial charge in [0.2, 0.25) is 11.8 Å². The number of amides is 2. The first-order chi connectivity index (χ1) is 15.2. The lowest BCUT2D eigenvalue weighted by Crippen LogP contribution is -2.28. The molecule has 2 aromatic rings. The first kappa shape index (κ1) is 23.3. The van der Waals surface area contributed by atoms with Gasteiger partial charge in [-0.3, -0.25) is 9.59 Å². The van der Waals surface area contributed by atoms with E-state index in [0.29, 0.717) is 0 Å². The van der Waals surface area contributed by atoms with Crippen LogP contribution in [0.25, 0.3) is 6.08 Å². The molecule has 1 atom stereocenters. The number of thioether (sulfide) groups is 1. The van der Waals surface area contributed by atoms with Crippen molar-refractivity contribution < 1.29 is 22.8 Å². The molecule has 1 saturated heterocycles. The summed E-state index contributed by atoms with van der Waals surface area (Å²) in [6.07, 6.45) is -1.27. The van der Waals surface area contributed by atoms with Crippen LogP contribution in [0.4, 0.5) is 18.9 Å². The molecule has 0 bridgehead atoms. The number of carbonyl (C=O) groups excluding carboxylic acids is 2. The molecular formula is C22H19F3N4O2S. The van der Waals surface area contributed by atoms with E-state index in [9.17, 15) is 22.8 Å². The maximum absolute atomic E-state index is 12.8. The Labute approximate surface area is 186 Å². The number of carbonyl (C=O) groups is 2. The fraction of sp³-hybridized carbons (Fsp3) is 0.182. The normalized spacial score (nSPS) is 18.2. The number of rotatable bonds is 6. The van der Waals surface area contributed by atoms with Crippen molar-refractivity contribution >= 4 is 46.7 Å². The minimum atomic E-state index is -4.51. The zero-order chi connectivity index (χ0) is 23.1. The Balaban J connectivity index is 1.55. The molecule has 32 heavy (non-hydrogen) atoms. The van der Waals surface area contributed by atoms with Crippen LogP contribution in [0.2, 0.25) is 0 Å². The van der Waals surface area contributed by atoms with Crippen LogP contribution in [0, 0.1) is 0 Å². The Hall–Kier alpha value is -3.40. The van der Waals surface area contributed by atoms with Crippen molar-refractivity contribution in [2.24, 2.45) is 10.2 Å². The highest BCUT2D eigenvalue weighted by molar-refractivity contribution is 8.15. The molecule has 0 aromatic heterocycles. The fourth-order valence-corrected chi connectivity index (χ4v) is 3.69. The van der Waals surface area contributed by atoms with E-state index in [1.165, 1.54) is 12.1 Å². The first-order valence-electron chi connectivity index (χ1n) is 9.50. The lowest BCUT2D eigenvalue weighted by molar-refractivity contribution is -0.137. The van der Waals surface area contributed by atoms with E-state index < -0.39 is 28.8 Å². The van der Waals surface area contributed by atoms with Gasteiger partial charge in [-0.15, -0.1) is 5.10 Å². The average Bonchev–Trinajstić information content (AvgIpc) is 3.07. The van der Waals surface area contributed by atoms with Gasteiger partial charge in [-0.05, 0) is 36.3 Å². The Morgan fingerprint density at radius 1 is 1.19 bits per heavy atom. The quantitative estimate of drug-likeness (QED) is 0.484. The van der Waals surface area contributed by atoms with Gasteiger partial charge in [-0.1, -0.05) is 54.2 Å². The van der Waals surface area contributed by atoms with Gasteiger partial charge in [0, 0.05) is 12.1 Å². The van der Waals surface area contributed by atoms with E-state index in [1.54, 1.807) is 6.21 Å². The minimum absolute atomic E-state index is 0.00685. The number of hydrogen-bond acceptors (Lipinski definition) is 5. The van der Waals surface area contributed by atoms with Crippen molar-refractivity contribution in [2.45, 2.75) is 24.8 Å². The van der Waals surface area contributed by atoms with Crippen molar-refractivity contribution in [3.63, 3.8) is 0 Å². The molecule has 6 nitrogen and oxygen atoms in total. The smallest absolute Gasteiger partial charge is 0.326 e. The molecule has 0 saturated carbocycles. The highest BCUT2D eigenvalue weighted by atomic mass is 32.2. The van der Waals surface area contributed by atoms with Gasteiger partial charge in [0.15, 0.2) is 5.17 Å². The van der Waals surface area contributed by atoms with Crippen LogP contribution in [0.5, 0.6) is 0 Å². The number of allylic oxidation sites excluding steroid dienone is 1. The van der Waals surface area contributed by atoms with Crippen LogP contribution >= 0.6 is 11.8 Å². The second kappa shape index (κ2) is 10.3. The van der Waals surface area contributed by atoms with Gasteiger partial charge < -0.3 is 10.6 Å². The second-order valence-electron chi connectivity index (χ2n) is 6.88. The highest BCUT2D eigenvalue weighted by Gasteiger charge is 2.33. The first-order valence-corrected chi connectivity index (χ1v) is 10.4. The zero-order valence-electron chi connectivity index (χ0n) is 16.9. The average molecular weight is 460 g/mol. The van der Waals surface area contributed by atoms with Crippen molar-refractivity contribution in [3.05, 3.63) is 71.3 Å². The molecular weight excluding hydrogens is 441 g/mol. The van der Waals surface area contributed by atoms with Crippen molar-refractivity contribution in [2.75, 3.05) is 5.32 Å². The second-order valence-corrected chi connectivity index (χ2v) is 8.07. The van der Waals surface area contributed by atoms with Gasteiger partial charge >= 0.3 is 6.18 Å². The van der Waals surface area contributed by atoms with Crippen LogP contribution in [-0.4, -0.2) is 28.4 Å². The molecule has 1 aliphatic heterocycles. The van der Waals surface area contributed by atoms with Crippen LogP contribution in [0.3, 0.4) is 0 Å². The Morgan fingerprint density at radius 2 is 1.94 bits per heavy atom. The summed E-state index contributed by atoms with van der Waals surface area (Å²) in [5.41, 5.74) is 1.01. The standard InChI is InChI=1S/C22H19F3N4O2S/c1-14(10-15-6-3-2-4-7-15)13-26-29-21-28-20(31)18(32-21)12-19(30)27-17-9-5-8-16(11-17)22(23,24)25/h2-11,13,18H,12H2,1H3,(H,27,30)(H,28,29,31)/b14-10-,26-13-. The van der Waals surface area contributed by atoms with Crippen LogP contribution in [0.15, 0.2) is 70.4 Å². The number of halogens is 3. The summed E-state index contributed by atoms with van der Waals surface area (Å²) >= 11 is 1.04. The molecule has 2 amide bonds. The molecule has 3 rings (SSSR count). The number of anilines is 1. The molecule has 1 heterocycles. The highest BCUT2D eigenvalue weighted by Crippen LogP contribution is 2.31. The molecule has 0 spiro atoms. The third kappa shape index (κ3) is 6.81. The zero-order valence-corrected chi connectivity index (χ0v) is 17.7. The van der Waals surface area contributed by atoms with E-state index in [-0.39, 0.29) is 17.3 Å². The molecule has 2 aromatic carbocycles. The third-order valence-electron chi connectivity index (χ3n) is 4.22. The summed E-state index contributed by atoms with van der Waals surface area (Å²) in [4.78, 5) is 24.3. The Kier molecular flexibility index (Phi) is 7.47. The SMILES string of the molecule is CC(/C=N\N=C1/NC(=O)C(CC(=O)Nc2cccc(C(F)(F)F)c2)S1)=C/c1ccccc1. The largest absolute Gasteiger partial charge is 0.416 e. The summed E-state index contributed by atoms with van der Waals surface area (Å²) in [6.45, 7) is 1.86. The monoisotopic (exact) mass is 460 g/mol. The van der Waals surface area contributed by atoms with Crippen molar-refractivity contribution in [1.82, 2.24) is 5.32 Å². The number of hydrogen-bond donors (Lipinski definition) is 2. The fourth-order valence-electron chi connectivity index (χ4n) is 2.76. The molecule has 0 aliphatic carbocycles. The Morgan fingerprint density at radius 3 is 2.66 bits per heavy atom. The summed E-state index contributed by atoms with van der Waals surface area (Å²) in [5.74, 6) is -0.997. The third-order valence-corrected chi connectivity index (χ3v) is 5.30.